The lowest BCUT2D eigenvalue weighted by atomic mass is 10.1. The maximum atomic E-state index is 12.5. The van der Waals surface area contributed by atoms with Crippen LogP contribution in [-0.2, 0) is 17.9 Å². The smallest absolute Gasteiger partial charge is 0.261 e. The summed E-state index contributed by atoms with van der Waals surface area (Å²) < 4.78 is 5.87. The third-order valence-electron chi connectivity index (χ3n) is 5.03. The fraction of sp³-hybridized carbons (Fsp3) is 0.435. The number of carbonyl (C=O) groups is 1. The minimum Gasteiger partial charge on any atom is -0.481 e. The number of nitrogens with zero attached hydrogens (tertiary/aromatic N) is 1. The molecule has 1 aliphatic rings. The van der Waals surface area contributed by atoms with Gasteiger partial charge >= 0.3 is 0 Å². The van der Waals surface area contributed by atoms with E-state index in [-0.39, 0.29) is 5.91 Å². The summed E-state index contributed by atoms with van der Waals surface area (Å²) >= 11 is 0. The molecule has 1 aliphatic heterocycles. The predicted molar refractivity (Wildman–Crippen MR) is 109 cm³/mol. The predicted octanol–water partition coefficient (Wildman–Crippen LogP) is 4.06. The van der Waals surface area contributed by atoms with Gasteiger partial charge in [-0.05, 0) is 68.1 Å². The fourth-order valence-corrected chi connectivity index (χ4v) is 3.44. The fourth-order valence-electron chi connectivity index (χ4n) is 3.44. The molecule has 1 N–H and O–H groups in total. The number of hydrogen-bond donors (Lipinski definition) is 1. The van der Waals surface area contributed by atoms with E-state index >= 15 is 0 Å². The molecule has 0 radical (unpaired) electrons. The van der Waals surface area contributed by atoms with E-state index in [4.69, 9.17) is 4.74 Å². The number of amides is 1. The maximum Gasteiger partial charge on any atom is 0.261 e. The van der Waals surface area contributed by atoms with E-state index in [1.54, 1.807) is 0 Å². The third-order valence-corrected chi connectivity index (χ3v) is 5.03. The Morgan fingerprint density at radius 3 is 2.48 bits per heavy atom. The lowest BCUT2D eigenvalue weighted by Crippen LogP contribution is -2.37. The first-order chi connectivity index (χ1) is 13.1. The number of likely N-dealkylation sites (tertiary alicyclic amines) is 1. The number of aryl methyl sites for hydroxylation is 1. The summed E-state index contributed by atoms with van der Waals surface area (Å²) in [7, 11) is 0. The molecule has 0 spiro atoms. The molecule has 0 aliphatic carbocycles. The van der Waals surface area contributed by atoms with E-state index in [0.717, 1.165) is 23.4 Å². The van der Waals surface area contributed by atoms with Gasteiger partial charge in [0.1, 0.15) is 5.75 Å². The second-order valence-electron chi connectivity index (χ2n) is 7.35. The van der Waals surface area contributed by atoms with Crippen LogP contribution in [0.2, 0.25) is 0 Å². The van der Waals surface area contributed by atoms with Gasteiger partial charge in [0.2, 0.25) is 0 Å². The van der Waals surface area contributed by atoms with E-state index < -0.39 is 6.10 Å². The summed E-state index contributed by atoms with van der Waals surface area (Å²) in [6.45, 7) is 7.94. The second-order valence-corrected chi connectivity index (χ2v) is 7.35. The minimum atomic E-state index is -0.471. The quantitative estimate of drug-likeness (QED) is 0.766. The van der Waals surface area contributed by atoms with Gasteiger partial charge in [-0.25, -0.2) is 0 Å². The van der Waals surface area contributed by atoms with E-state index in [0.29, 0.717) is 13.0 Å². The van der Waals surface area contributed by atoms with Gasteiger partial charge in [-0.15, -0.1) is 0 Å². The molecule has 0 saturated carbocycles. The zero-order valence-corrected chi connectivity index (χ0v) is 16.4. The number of carbonyl (C=O) groups excluding carboxylic acids is 1. The first-order valence-corrected chi connectivity index (χ1v) is 9.95. The molecule has 4 nitrogen and oxygen atoms in total. The van der Waals surface area contributed by atoms with Crippen LogP contribution >= 0.6 is 0 Å². The molecule has 2 aromatic carbocycles. The van der Waals surface area contributed by atoms with Crippen LogP contribution in [0.3, 0.4) is 0 Å². The molecule has 1 amide bonds. The van der Waals surface area contributed by atoms with Gasteiger partial charge < -0.3 is 10.1 Å². The van der Waals surface area contributed by atoms with Gasteiger partial charge in [-0.3, -0.25) is 9.69 Å². The van der Waals surface area contributed by atoms with E-state index in [2.05, 4.69) is 34.5 Å². The Morgan fingerprint density at radius 1 is 1.11 bits per heavy atom. The van der Waals surface area contributed by atoms with Crippen molar-refractivity contribution in [2.75, 3.05) is 13.1 Å². The van der Waals surface area contributed by atoms with Crippen molar-refractivity contribution >= 4 is 5.91 Å². The molecule has 1 atom stereocenters. The zero-order valence-electron chi connectivity index (χ0n) is 16.4. The average molecular weight is 367 g/mol. The molecule has 0 aromatic heterocycles. The molecule has 1 heterocycles. The van der Waals surface area contributed by atoms with Crippen molar-refractivity contribution in [1.82, 2.24) is 10.2 Å². The molecular formula is C23H30N2O2. The Morgan fingerprint density at radius 2 is 1.81 bits per heavy atom. The largest absolute Gasteiger partial charge is 0.481 e. The molecular weight excluding hydrogens is 336 g/mol. The van der Waals surface area contributed by atoms with E-state index in [1.165, 1.54) is 31.5 Å². The Kier molecular flexibility index (Phi) is 6.88. The van der Waals surface area contributed by atoms with Gasteiger partial charge in [0.05, 0.1) is 0 Å². The normalized spacial score (nSPS) is 15.5. The lowest BCUT2D eigenvalue weighted by Gasteiger charge is -2.18. The monoisotopic (exact) mass is 366 g/mol. The first kappa shape index (κ1) is 19.4. The van der Waals surface area contributed by atoms with Gasteiger partial charge in [-0.2, -0.15) is 0 Å². The van der Waals surface area contributed by atoms with Crippen LogP contribution in [0.15, 0.2) is 48.5 Å². The van der Waals surface area contributed by atoms with Crippen molar-refractivity contribution in [2.24, 2.45) is 0 Å². The van der Waals surface area contributed by atoms with Crippen LogP contribution in [0.5, 0.6) is 5.75 Å². The van der Waals surface area contributed by atoms with Crippen molar-refractivity contribution in [3.05, 3.63) is 65.2 Å². The highest BCUT2D eigenvalue weighted by Gasteiger charge is 2.18. The summed E-state index contributed by atoms with van der Waals surface area (Å²) in [4.78, 5) is 15.0. The van der Waals surface area contributed by atoms with Crippen LogP contribution in [0, 0.1) is 6.92 Å². The summed E-state index contributed by atoms with van der Waals surface area (Å²) in [6, 6.07) is 16.3. The highest BCUT2D eigenvalue weighted by atomic mass is 16.5. The Bertz CT molecular complexity index is 736. The summed E-state index contributed by atoms with van der Waals surface area (Å²) in [5.74, 6) is 0.670. The SMILES string of the molecule is CCC(Oc1cccc(C)c1)C(=O)NCc1ccc(CN2CCCC2)cc1. The molecule has 27 heavy (non-hydrogen) atoms. The highest BCUT2D eigenvalue weighted by molar-refractivity contribution is 5.81. The van der Waals surface area contributed by atoms with Crippen LogP contribution in [0.1, 0.15) is 42.9 Å². The Labute approximate surface area is 162 Å². The standard InChI is InChI=1S/C23H30N2O2/c1-3-22(27-21-8-6-7-18(2)15-21)23(26)24-16-19-9-11-20(12-10-19)17-25-13-4-5-14-25/h6-12,15,22H,3-5,13-14,16-17H2,1-2H3,(H,24,26). The van der Waals surface area contributed by atoms with Crippen molar-refractivity contribution in [3.63, 3.8) is 0 Å². The highest BCUT2D eigenvalue weighted by Crippen LogP contribution is 2.16. The van der Waals surface area contributed by atoms with Crippen molar-refractivity contribution < 1.29 is 9.53 Å². The molecule has 1 fully saturated rings. The molecule has 0 bridgehead atoms. The lowest BCUT2D eigenvalue weighted by molar-refractivity contribution is -0.128. The number of nitrogens with one attached hydrogen (secondary N) is 1. The van der Waals surface area contributed by atoms with Gasteiger partial charge in [-0.1, -0.05) is 43.3 Å². The molecule has 2 aromatic rings. The zero-order chi connectivity index (χ0) is 19.1. The van der Waals surface area contributed by atoms with Crippen LogP contribution in [0.25, 0.3) is 0 Å². The molecule has 3 rings (SSSR count). The Balaban J connectivity index is 1.49. The second kappa shape index (κ2) is 9.56. The number of hydrogen-bond acceptors (Lipinski definition) is 3. The van der Waals surface area contributed by atoms with Crippen molar-refractivity contribution in [3.8, 4) is 5.75 Å². The van der Waals surface area contributed by atoms with Crippen LogP contribution in [0.4, 0.5) is 0 Å². The summed E-state index contributed by atoms with van der Waals surface area (Å²) in [6.07, 6.45) is 2.79. The van der Waals surface area contributed by atoms with Gasteiger partial charge in [0.15, 0.2) is 6.10 Å². The minimum absolute atomic E-state index is 0.0693. The van der Waals surface area contributed by atoms with E-state index in [1.807, 2.05) is 38.1 Å². The molecule has 1 unspecified atom stereocenters. The number of rotatable bonds is 8. The topological polar surface area (TPSA) is 41.6 Å². The summed E-state index contributed by atoms with van der Waals surface area (Å²) in [5, 5.41) is 3.00. The number of ether oxygens (including phenoxy) is 1. The Hall–Kier alpha value is -2.33. The van der Waals surface area contributed by atoms with Crippen molar-refractivity contribution in [1.29, 1.82) is 0 Å². The van der Waals surface area contributed by atoms with Crippen molar-refractivity contribution in [2.45, 2.75) is 52.3 Å². The third kappa shape index (κ3) is 5.83. The van der Waals surface area contributed by atoms with Gasteiger partial charge in [0, 0.05) is 13.1 Å². The summed E-state index contributed by atoms with van der Waals surface area (Å²) in [5.41, 5.74) is 3.57. The first-order valence-electron chi connectivity index (χ1n) is 9.95. The average Bonchev–Trinajstić information content (AvgIpc) is 3.18. The van der Waals surface area contributed by atoms with E-state index in [9.17, 15) is 4.79 Å². The van der Waals surface area contributed by atoms with Gasteiger partial charge in [0.25, 0.3) is 5.91 Å². The van der Waals surface area contributed by atoms with Crippen LogP contribution in [-0.4, -0.2) is 30.0 Å². The molecule has 144 valence electrons. The molecule has 1 saturated heterocycles. The van der Waals surface area contributed by atoms with Crippen LogP contribution < -0.4 is 10.1 Å². The number of benzene rings is 2. The maximum absolute atomic E-state index is 12.5. The molecule has 4 heteroatoms.